The fourth-order valence-corrected chi connectivity index (χ4v) is 3.24. The fourth-order valence-electron chi connectivity index (χ4n) is 3.05. The zero-order chi connectivity index (χ0) is 21.0. The summed E-state index contributed by atoms with van der Waals surface area (Å²) in [4.78, 5) is 17.0. The van der Waals surface area contributed by atoms with E-state index in [-0.39, 0.29) is 23.2 Å². The molecule has 1 aromatic carbocycles. The van der Waals surface area contributed by atoms with Crippen molar-refractivity contribution in [3.05, 3.63) is 34.5 Å². The maximum atomic E-state index is 12.6. The van der Waals surface area contributed by atoms with Crippen molar-refractivity contribution in [3.8, 4) is 23.1 Å². The molecule has 156 valence electrons. The molecule has 1 saturated heterocycles. The molecule has 8 nitrogen and oxygen atoms in total. The van der Waals surface area contributed by atoms with Gasteiger partial charge in [0.15, 0.2) is 11.5 Å². The van der Waals surface area contributed by atoms with E-state index in [4.69, 9.17) is 35.3 Å². The molecule has 1 unspecified atom stereocenters. The lowest BCUT2D eigenvalue weighted by Crippen LogP contribution is -2.22. The number of esters is 1. The first-order valence-electron chi connectivity index (χ1n) is 9.00. The van der Waals surface area contributed by atoms with Crippen LogP contribution in [0.25, 0.3) is 0 Å². The molecule has 0 aliphatic carbocycles. The van der Waals surface area contributed by atoms with Crippen LogP contribution in [0.2, 0.25) is 5.02 Å². The summed E-state index contributed by atoms with van der Waals surface area (Å²) in [6, 6.07) is 5.02. The first-order valence-corrected chi connectivity index (χ1v) is 9.38. The van der Waals surface area contributed by atoms with Gasteiger partial charge in [-0.05, 0) is 19.4 Å². The van der Waals surface area contributed by atoms with Gasteiger partial charge in [0.1, 0.15) is 5.56 Å². The van der Waals surface area contributed by atoms with Crippen LogP contribution in [0.3, 0.4) is 0 Å². The third kappa shape index (κ3) is 4.65. The monoisotopic (exact) mass is 422 g/mol. The molecule has 2 heterocycles. The number of benzene rings is 1. The fraction of sp³-hybridized carbons (Fsp3) is 0.400. The van der Waals surface area contributed by atoms with Crippen molar-refractivity contribution in [2.24, 2.45) is 0 Å². The Bertz CT molecular complexity index is 874. The summed E-state index contributed by atoms with van der Waals surface area (Å²) < 4.78 is 27.2. The molecule has 0 amide bonds. The lowest BCUT2D eigenvalue weighted by atomic mass is 10.1. The van der Waals surface area contributed by atoms with Gasteiger partial charge in [-0.15, -0.1) is 0 Å². The number of carbonyl (C=O) groups excluding carboxylic acids is 1. The normalized spacial score (nSPS) is 15.7. The van der Waals surface area contributed by atoms with Crippen LogP contribution >= 0.6 is 11.6 Å². The summed E-state index contributed by atoms with van der Waals surface area (Å²) in [7, 11) is 4.27. The number of anilines is 1. The molecule has 1 aromatic heterocycles. The number of rotatable bonds is 7. The van der Waals surface area contributed by atoms with Crippen molar-refractivity contribution in [2.75, 3.05) is 39.9 Å². The highest BCUT2D eigenvalue weighted by molar-refractivity contribution is 6.31. The largest absolute Gasteiger partial charge is 0.493 e. The number of methoxy groups -OCH3 is 3. The van der Waals surface area contributed by atoms with E-state index in [0.29, 0.717) is 41.1 Å². The minimum atomic E-state index is -0.583. The standard InChI is InChI=1S/C20H23ClN2O6/c1-11-7-14(23-13-5-6-28-10-13)17(20(24)27-4)19(22-11)29-18-15(25-2)8-12(21)9-16(18)26-3/h7-9,13H,5-6,10H2,1-4H3,(H,22,23). The van der Waals surface area contributed by atoms with Gasteiger partial charge >= 0.3 is 5.97 Å². The molecule has 0 spiro atoms. The number of nitrogens with zero attached hydrogens (tertiary/aromatic N) is 1. The number of ether oxygens (including phenoxy) is 5. The molecular formula is C20H23ClN2O6. The summed E-state index contributed by atoms with van der Waals surface area (Å²) >= 11 is 6.11. The Morgan fingerprint density at radius 3 is 2.45 bits per heavy atom. The van der Waals surface area contributed by atoms with Crippen LogP contribution in [0.15, 0.2) is 18.2 Å². The molecular weight excluding hydrogens is 400 g/mol. The van der Waals surface area contributed by atoms with E-state index in [0.717, 1.165) is 6.42 Å². The van der Waals surface area contributed by atoms with Crippen LogP contribution in [-0.4, -0.2) is 51.5 Å². The highest BCUT2D eigenvalue weighted by atomic mass is 35.5. The van der Waals surface area contributed by atoms with Crippen LogP contribution < -0.4 is 19.5 Å². The minimum absolute atomic E-state index is 0.0668. The van der Waals surface area contributed by atoms with Crippen molar-refractivity contribution in [2.45, 2.75) is 19.4 Å². The number of hydrogen-bond donors (Lipinski definition) is 1. The molecule has 1 aliphatic heterocycles. The molecule has 2 aromatic rings. The maximum absolute atomic E-state index is 12.6. The zero-order valence-electron chi connectivity index (χ0n) is 16.7. The second-order valence-corrected chi connectivity index (χ2v) is 6.87. The maximum Gasteiger partial charge on any atom is 0.345 e. The molecule has 1 atom stereocenters. The number of aryl methyl sites for hydroxylation is 1. The molecule has 0 radical (unpaired) electrons. The van der Waals surface area contributed by atoms with Gasteiger partial charge in [-0.3, -0.25) is 0 Å². The van der Waals surface area contributed by atoms with Crippen LogP contribution in [-0.2, 0) is 9.47 Å². The van der Waals surface area contributed by atoms with Crippen LogP contribution in [0, 0.1) is 6.92 Å². The predicted octanol–water partition coefficient (Wildman–Crippen LogP) is 3.84. The quantitative estimate of drug-likeness (QED) is 0.673. The highest BCUT2D eigenvalue weighted by Gasteiger charge is 2.26. The lowest BCUT2D eigenvalue weighted by molar-refractivity contribution is 0.0598. The third-order valence-electron chi connectivity index (χ3n) is 4.42. The van der Waals surface area contributed by atoms with Gasteiger partial charge < -0.3 is 29.0 Å². The number of pyridine rings is 1. The van der Waals surface area contributed by atoms with E-state index < -0.39 is 5.97 Å². The number of halogens is 1. The summed E-state index contributed by atoms with van der Waals surface area (Å²) in [5, 5.41) is 3.75. The Labute approximate surface area is 174 Å². The van der Waals surface area contributed by atoms with Crippen molar-refractivity contribution in [1.29, 1.82) is 0 Å². The van der Waals surface area contributed by atoms with Gasteiger partial charge in [0, 0.05) is 29.5 Å². The Morgan fingerprint density at radius 2 is 1.90 bits per heavy atom. The average molecular weight is 423 g/mol. The molecule has 29 heavy (non-hydrogen) atoms. The molecule has 3 rings (SSSR count). The van der Waals surface area contributed by atoms with Gasteiger partial charge in [-0.1, -0.05) is 11.6 Å². The van der Waals surface area contributed by atoms with Gasteiger partial charge in [0.05, 0.1) is 39.7 Å². The van der Waals surface area contributed by atoms with Crippen molar-refractivity contribution in [1.82, 2.24) is 4.98 Å². The summed E-state index contributed by atoms with van der Waals surface area (Å²) in [6.45, 7) is 3.02. The number of hydrogen-bond acceptors (Lipinski definition) is 8. The van der Waals surface area contributed by atoms with E-state index in [2.05, 4.69) is 10.3 Å². The number of nitrogens with one attached hydrogen (secondary N) is 1. The van der Waals surface area contributed by atoms with Crippen molar-refractivity contribution < 1.29 is 28.5 Å². The van der Waals surface area contributed by atoms with Gasteiger partial charge in [-0.2, -0.15) is 0 Å². The molecule has 0 saturated carbocycles. The van der Waals surface area contributed by atoms with Gasteiger partial charge in [-0.25, -0.2) is 9.78 Å². The van der Waals surface area contributed by atoms with E-state index >= 15 is 0 Å². The Hall–Kier alpha value is -2.71. The van der Waals surface area contributed by atoms with Crippen LogP contribution in [0.4, 0.5) is 5.69 Å². The van der Waals surface area contributed by atoms with E-state index in [1.807, 2.05) is 0 Å². The van der Waals surface area contributed by atoms with Gasteiger partial charge in [0.25, 0.3) is 0 Å². The molecule has 0 bridgehead atoms. The van der Waals surface area contributed by atoms with Gasteiger partial charge in [0.2, 0.25) is 11.6 Å². The predicted molar refractivity (Wildman–Crippen MR) is 108 cm³/mol. The number of aromatic nitrogens is 1. The minimum Gasteiger partial charge on any atom is -0.493 e. The molecule has 1 fully saturated rings. The lowest BCUT2D eigenvalue weighted by Gasteiger charge is -2.20. The number of carbonyl (C=O) groups is 1. The molecule has 1 aliphatic rings. The van der Waals surface area contributed by atoms with Crippen LogP contribution in [0.5, 0.6) is 23.1 Å². The zero-order valence-corrected chi connectivity index (χ0v) is 17.5. The summed E-state index contributed by atoms with van der Waals surface area (Å²) in [5.74, 6) is 0.412. The summed E-state index contributed by atoms with van der Waals surface area (Å²) in [6.07, 6.45) is 0.830. The Kier molecular flexibility index (Phi) is 6.66. The van der Waals surface area contributed by atoms with E-state index in [1.165, 1.54) is 21.3 Å². The average Bonchev–Trinajstić information content (AvgIpc) is 3.21. The molecule has 9 heteroatoms. The van der Waals surface area contributed by atoms with Crippen LogP contribution in [0.1, 0.15) is 22.5 Å². The first-order chi connectivity index (χ1) is 14.0. The third-order valence-corrected chi connectivity index (χ3v) is 4.64. The first kappa shape index (κ1) is 21.0. The topological polar surface area (TPSA) is 88.1 Å². The SMILES string of the molecule is COC(=O)c1c(NC2CCOC2)cc(C)nc1Oc1c(OC)cc(Cl)cc1OC. The Balaban J connectivity index is 2.09. The highest BCUT2D eigenvalue weighted by Crippen LogP contribution is 2.43. The summed E-state index contributed by atoms with van der Waals surface area (Å²) in [5.41, 5.74) is 1.38. The molecule has 1 N–H and O–H groups in total. The van der Waals surface area contributed by atoms with Crippen molar-refractivity contribution >= 4 is 23.3 Å². The Morgan fingerprint density at radius 1 is 1.21 bits per heavy atom. The van der Waals surface area contributed by atoms with E-state index in [1.54, 1.807) is 25.1 Å². The second kappa shape index (κ2) is 9.19. The van der Waals surface area contributed by atoms with Crippen molar-refractivity contribution in [3.63, 3.8) is 0 Å². The smallest absolute Gasteiger partial charge is 0.345 e. The van der Waals surface area contributed by atoms with E-state index in [9.17, 15) is 4.79 Å². The second-order valence-electron chi connectivity index (χ2n) is 6.43.